The molecule has 0 radical (unpaired) electrons. The number of anilines is 2. The molecule has 10 aromatic rings. The fourth-order valence-corrected chi connectivity index (χ4v) is 16.8. The second-order valence-corrected chi connectivity index (χ2v) is 22.4. The van der Waals surface area contributed by atoms with Crippen LogP contribution in [0.5, 0.6) is 0 Å². The van der Waals surface area contributed by atoms with Gasteiger partial charge in [-0.25, -0.2) is 0 Å². The minimum Gasteiger partial charge on any atom is -0.334 e. The highest BCUT2D eigenvalue weighted by molar-refractivity contribution is 7.19. The number of rotatable bonds is 8. The number of pyridine rings is 1. The summed E-state index contributed by atoms with van der Waals surface area (Å²) >= 11 is 0. The zero-order chi connectivity index (χ0) is 43.6. The van der Waals surface area contributed by atoms with Crippen LogP contribution in [0.4, 0.5) is 11.4 Å². The van der Waals surface area contributed by atoms with E-state index in [1.165, 1.54) is 89.9 Å². The van der Waals surface area contributed by atoms with E-state index in [-0.39, 0.29) is 11.0 Å². The van der Waals surface area contributed by atoms with Crippen LogP contribution in [0.2, 0.25) is 0 Å². The molecule has 314 valence electrons. The van der Waals surface area contributed by atoms with Crippen LogP contribution in [0.15, 0.2) is 225 Å². The maximum absolute atomic E-state index is 4.92. The fraction of sp³-hybridized carbons (Fsp3) is 0.131. The van der Waals surface area contributed by atoms with Crippen LogP contribution in [0, 0.1) is 0 Å². The number of para-hydroxylation sites is 1. The van der Waals surface area contributed by atoms with Crippen LogP contribution in [0.3, 0.4) is 0 Å². The van der Waals surface area contributed by atoms with E-state index < -0.39 is 8.07 Å². The van der Waals surface area contributed by atoms with Gasteiger partial charge in [-0.3, -0.25) is 4.98 Å². The summed E-state index contributed by atoms with van der Waals surface area (Å²) in [7, 11) is -2.79. The largest absolute Gasteiger partial charge is 0.334 e. The summed E-state index contributed by atoms with van der Waals surface area (Å²) in [6.07, 6.45) is 6.80. The Morgan fingerprint density at radius 1 is 0.477 bits per heavy atom. The van der Waals surface area contributed by atoms with Crippen molar-refractivity contribution in [2.24, 2.45) is 0 Å². The topological polar surface area (TPSA) is 21.1 Å². The van der Waals surface area contributed by atoms with Gasteiger partial charge in [-0.1, -0.05) is 184 Å². The first-order valence-corrected chi connectivity index (χ1v) is 25.3. The van der Waals surface area contributed by atoms with Gasteiger partial charge < -0.3 is 9.47 Å². The lowest BCUT2D eigenvalue weighted by atomic mass is 9.61. The first-order chi connectivity index (χ1) is 32.0. The molecule has 12 rings (SSSR count). The average Bonchev–Trinajstić information content (AvgIpc) is 3.81. The van der Waals surface area contributed by atoms with Gasteiger partial charge in [0.05, 0.1) is 22.3 Å². The van der Waals surface area contributed by atoms with Crippen LogP contribution in [0.25, 0.3) is 49.9 Å². The summed E-state index contributed by atoms with van der Waals surface area (Å²) < 4.78 is 2.48. The normalized spacial score (nSPS) is 18.2. The Hall–Kier alpha value is -7.27. The number of aromatic nitrogens is 2. The number of hydrogen-bond donors (Lipinski definition) is 0. The molecule has 0 bridgehead atoms. The number of benzene rings is 8. The molecule has 1 saturated carbocycles. The average molecular weight is 854 g/mol. The zero-order valence-corrected chi connectivity index (χ0v) is 38.0. The molecule has 8 aromatic carbocycles. The van der Waals surface area contributed by atoms with Gasteiger partial charge in [0.1, 0.15) is 0 Å². The minimum absolute atomic E-state index is 0.0314. The van der Waals surface area contributed by atoms with Crippen LogP contribution in [0.1, 0.15) is 45.1 Å². The molecule has 1 aliphatic heterocycles. The number of fused-ring (bicyclic) bond motifs is 6. The van der Waals surface area contributed by atoms with Gasteiger partial charge in [0.15, 0.2) is 8.07 Å². The minimum atomic E-state index is -2.79. The number of nitrogens with zero attached hydrogens (tertiary/aromatic N) is 3. The third kappa shape index (κ3) is 5.97. The van der Waals surface area contributed by atoms with E-state index in [0.29, 0.717) is 0 Å². The van der Waals surface area contributed by atoms with Gasteiger partial charge in [-0.15, -0.1) is 0 Å². The Labute approximate surface area is 383 Å². The standard InChI is InChI=1S/C61H51N3Si/c1-60-40-15-16-41-61(60,2)64(57-28-13-12-26-54(57)60)47-34-39-56-53(43-47)59-52(55-27-14-17-42-62-55)25-18-29-58(59)63(56)46-32-37-51(38-33-46)65(48-21-8-4-9-22-48,49-23-10-5-11-24-49)50-35-30-45(31-36-50)44-19-6-3-7-20-44/h3-14,17-39,42-43H,15-16,40-41H2,1-2H3. The van der Waals surface area contributed by atoms with Crippen molar-refractivity contribution >= 4 is 62.0 Å². The SMILES string of the molecule is CC12CCCCC1(C)N(c1ccc3c(c1)c1c(-c4ccccn4)cccc1n3-c1ccc([Si](c3ccccc3)(c3ccccc3)c3ccc(-c4ccccc4)cc3)cc1)c1ccccc12. The van der Waals surface area contributed by atoms with Gasteiger partial charge in [0, 0.05) is 45.0 Å². The lowest BCUT2D eigenvalue weighted by Crippen LogP contribution is -2.74. The van der Waals surface area contributed by atoms with Gasteiger partial charge in [0.2, 0.25) is 0 Å². The molecule has 0 N–H and O–H groups in total. The smallest absolute Gasteiger partial charge is 0.179 e. The van der Waals surface area contributed by atoms with Crippen LogP contribution >= 0.6 is 0 Å². The third-order valence-corrected chi connectivity index (χ3v) is 20.2. The molecule has 1 aliphatic carbocycles. The number of hydrogen-bond acceptors (Lipinski definition) is 2. The van der Waals surface area contributed by atoms with Crippen molar-refractivity contribution in [1.82, 2.24) is 9.55 Å². The van der Waals surface area contributed by atoms with Gasteiger partial charge >= 0.3 is 0 Å². The highest BCUT2D eigenvalue weighted by Crippen LogP contribution is 2.61. The Bertz CT molecular complexity index is 3290. The van der Waals surface area contributed by atoms with Crippen LogP contribution in [-0.2, 0) is 5.41 Å². The molecular formula is C61H51N3Si. The summed E-state index contributed by atoms with van der Waals surface area (Å²) in [5.41, 5.74) is 12.2. The monoisotopic (exact) mass is 853 g/mol. The molecule has 65 heavy (non-hydrogen) atoms. The van der Waals surface area contributed by atoms with Gasteiger partial charge in [-0.2, -0.15) is 0 Å². The summed E-state index contributed by atoms with van der Waals surface area (Å²) in [6.45, 7) is 5.04. The molecule has 2 aliphatic rings. The summed E-state index contributed by atoms with van der Waals surface area (Å²) in [6, 6.07) is 81.6. The molecule has 0 saturated heterocycles. The van der Waals surface area contributed by atoms with Crippen molar-refractivity contribution in [3.63, 3.8) is 0 Å². The van der Waals surface area contributed by atoms with Gasteiger partial charge in [-0.05, 0) is 112 Å². The zero-order valence-electron chi connectivity index (χ0n) is 37.0. The maximum Gasteiger partial charge on any atom is 0.179 e. The van der Waals surface area contributed by atoms with Crippen LogP contribution < -0.4 is 25.6 Å². The van der Waals surface area contributed by atoms with Crippen molar-refractivity contribution in [1.29, 1.82) is 0 Å². The quantitative estimate of drug-likeness (QED) is 0.112. The van der Waals surface area contributed by atoms with Crippen molar-refractivity contribution < 1.29 is 0 Å². The summed E-state index contributed by atoms with van der Waals surface area (Å²) in [5.74, 6) is 0. The maximum atomic E-state index is 4.92. The van der Waals surface area contributed by atoms with Crippen molar-refractivity contribution in [3.05, 3.63) is 230 Å². The van der Waals surface area contributed by atoms with E-state index in [1.807, 2.05) is 12.3 Å². The fourth-order valence-electron chi connectivity index (χ4n) is 12.1. The lowest BCUT2D eigenvalue weighted by molar-refractivity contribution is 0.195. The van der Waals surface area contributed by atoms with E-state index in [2.05, 4.69) is 236 Å². The second kappa shape index (κ2) is 15.5. The summed E-state index contributed by atoms with van der Waals surface area (Å²) in [4.78, 5) is 7.62. The molecule has 2 unspecified atom stereocenters. The molecule has 0 amide bonds. The molecular weight excluding hydrogens is 803 g/mol. The van der Waals surface area contributed by atoms with E-state index >= 15 is 0 Å². The Morgan fingerprint density at radius 2 is 1.06 bits per heavy atom. The van der Waals surface area contributed by atoms with Crippen molar-refractivity contribution in [3.8, 4) is 28.1 Å². The highest BCUT2D eigenvalue weighted by Gasteiger charge is 2.57. The Kier molecular flexibility index (Phi) is 9.36. The van der Waals surface area contributed by atoms with E-state index in [4.69, 9.17) is 4.98 Å². The molecule has 2 atom stereocenters. The highest BCUT2D eigenvalue weighted by atomic mass is 28.3. The van der Waals surface area contributed by atoms with Gasteiger partial charge in [0.25, 0.3) is 0 Å². The first kappa shape index (κ1) is 39.3. The Morgan fingerprint density at radius 3 is 1.75 bits per heavy atom. The third-order valence-electron chi connectivity index (χ3n) is 15.4. The first-order valence-electron chi connectivity index (χ1n) is 23.3. The van der Waals surface area contributed by atoms with E-state index in [1.54, 1.807) is 0 Å². The van der Waals surface area contributed by atoms with Crippen LogP contribution in [-0.4, -0.2) is 23.2 Å². The Balaban J connectivity index is 1.06. The molecule has 2 aromatic heterocycles. The van der Waals surface area contributed by atoms with E-state index in [0.717, 1.165) is 23.4 Å². The predicted molar refractivity (Wildman–Crippen MR) is 276 cm³/mol. The molecule has 1 fully saturated rings. The van der Waals surface area contributed by atoms with E-state index in [9.17, 15) is 0 Å². The molecule has 3 nitrogen and oxygen atoms in total. The predicted octanol–water partition coefficient (Wildman–Crippen LogP) is 12.6. The second-order valence-electron chi connectivity index (χ2n) is 18.6. The molecule has 0 spiro atoms. The van der Waals surface area contributed by atoms with Crippen molar-refractivity contribution in [2.45, 2.75) is 50.5 Å². The molecule has 3 heterocycles. The van der Waals surface area contributed by atoms with Crippen molar-refractivity contribution in [2.75, 3.05) is 4.90 Å². The summed E-state index contributed by atoms with van der Waals surface area (Å²) in [5, 5.41) is 7.90. The lowest BCUT2D eigenvalue weighted by Gasteiger charge is -2.50. The molecule has 4 heteroatoms.